The summed E-state index contributed by atoms with van der Waals surface area (Å²) in [5, 5.41) is 4.55. The van der Waals surface area contributed by atoms with Gasteiger partial charge >= 0.3 is 5.97 Å². The van der Waals surface area contributed by atoms with E-state index in [1.165, 1.54) is 5.56 Å². The topological polar surface area (TPSA) is 64.4 Å². The van der Waals surface area contributed by atoms with Crippen LogP contribution >= 0.6 is 0 Å². The Bertz CT molecular complexity index is 878. The van der Waals surface area contributed by atoms with Crippen LogP contribution < -0.4 is 0 Å². The van der Waals surface area contributed by atoms with E-state index < -0.39 is 0 Å². The van der Waals surface area contributed by atoms with Gasteiger partial charge < -0.3 is 9.64 Å². The van der Waals surface area contributed by atoms with Crippen LogP contribution in [0.1, 0.15) is 56.6 Å². The summed E-state index contributed by atoms with van der Waals surface area (Å²) in [5.41, 5.74) is 3.63. The number of carbonyl (C=O) groups is 2. The van der Waals surface area contributed by atoms with Crippen LogP contribution in [0, 0.1) is 5.92 Å². The Morgan fingerprint density at radius 2 is 1.90 bits per heavy atom. The molecule has 156 valence electrons. The lowest BCUT2D eigenvalue weighted by Crippen LogP contribution is -2.43. The highest BCUT2D eigenvalue weighted by Gasteiger charge is 2.31. The molecule has 0 spiro atoms. The van der Waals surface area contributed by atoms with Crippen LogP contribution in [0.5, 0.6) is 0 Å². The zero-order chi connectivity index (χ0) is 21.2. The van der Waals surface area contributed by atoms with E-state index in [-0.39, 0.29) is 23.2 Å². The maximum Gasteiger partial charge on any atom is 0.310 e. The average molecular weight is 398 g/mol. The maximum atomic E-state index is 13.1. The SMILES string of the molecule is CCOC(=O)[C@H]1CCCN(C(=O)c2cc(-c3ccc(C(C)(C)C)cc3)nn2C)C1. The minimum atomic E-state index is -0.245. The number of amides is 1. The number of hydrogen-bond donors (Lipinski definition) is 0. The Morgan fingerprint density at radius 3 is 2.52 bits per heavy atom. The second-order valence-corrected chi connectivity index (χ2v) is 8.71. The number of benzene rings is 1. The highest BCUT2D eigenvalue weighted by molar-refractivity contribution is 5.94. The molecule has 6 nitrogen and oxygen atoms in total. The van der Waals surface area contributed by atoms with E-state index in [0.717, 1.165) is 24.1 Å². The molecular weight excluding hydrogens is 366 g/mol. The van der Waals surface area contributed by atoms with Gasteiger partial charge in [0.05, 0.1) is 18.2 Å². The second-order valence-electron chi connectivity index (χ2n) is 8.71. The molecule has 0 bridgehead atoms. The summed E-state index contributed by atoms with van der Waals surface area (Å²) in [4.78, 5) is 26.9. The molecule has 1 aliphatic heterocycles. The van der Waals surface area contributed by atoms with E-state index in [0.29, 0.717) is 25.4 Å². The summed E-state index contributed by atoms with van der Waals surface area (Å²) in [5.74, 6) is -0.550. The molecule has 0 radical (unpaired) electrons. The van der Waals surface area contributed by atoms with Crippen molar-refractivity contribution in [3.63, 3.8) is 0 Å². The molecule has 1 aromatic heterocycles. The summed E-state index contributed by atoms with van der Waals surface area (Å²) < 4.78 is 6.77. The highest BCUT2D eigenvalue weighted by Crippen LogP contribution is 2.27. The van der Waals surface area contributed by atoms with Crippen LogP contribution in [-0.2, 0) is 22.0 Å². The van der Waals surface area contributed by atoms with Crippen LogP contribution in [0.2, 0.25) is 0 Å². The van der Waals surface area contributed by atoms with Crippen molar-refractivity contribution >= 4 is 11.9 Å². The van der Waals surface area contributed by atoms with Crippen molar-refractivity contribution in [1.29, 1.82) is 0 Å². The molecule has 1 aromatic carbocycles. The predicted molar refractivity (Wildman–Crippen MR) is 113 cm³/mol. The Kier molecular flexibility index (Phi) is 6.10. The fraction of sp³-hybridized carbons (Fsp3) is 0.522. The first-order valence-corrected chi connectivity index (χ1v) is 10.3. The third-order valence-corrected chi connectivity index (χ3v) is 5.47. The van der Waals surface area contributed by atoms with Crippen molar-refractivity contribution in [2.24, 2.45) is 13.0 Å². The second kappa shape index (κ2) is 8.39. The molecule has 3 rings (SSSR count). The van der Waals surface area contributed by atoms with Crippen LogP contribution in [0.4, 0.5) is 0 Å². The number of rotatable bonds is 4. The van der Waals surface area contributed by atoms with Crippen molar-refractivity contribution in [3.8, 4) is 11.3 Å². The number of likely N-dealkylation sites (tertiary alicyclic amines) is 1. The molecule has 1 aliphatic rings. The molecule has 2 heterocycles. The molecule has 0 unspecified atom stereocenters. The first-order valence-electron chi connectivity index (χ1n) is 10.3. The van der Waals surface area contributed by atoms with Crippen LogP contribution in [-0.4, -0.2) is 46.3 Å². The number of nitrogens with zero attached hydrogens (tertiary/aromatic N) is 3. The van der Waals surface area contributed by atoms with Crippen molar-refractivity contribution in [3.05, 3.63) is 41.6 Å². The van der Waals surface area contributed by atoms with Gasteiger partial charge in [-0.1, -0.05) is 45.0 Å². The van der Waals surface area contributed by atoms with Gasteiger partial charge in [0.2, 0.25) is 0 Å². The minimum Gasteiger partial charge on any atom is -0.466 e. The number of carbonyl (C=O) groups excluding carboxylic acids is 2. The van der Waals surface area contributed by atoms with Gasteiger partial charge in [-0.3, -0.25) is 14.3 Å². The lowest BCUT2D eigenvalue weighted by atomic mass is 9.86. The van der Waals surface area contributed by atoms with E-state index in [4.69, 9.17) is 4.74 Å². The molecule has 6 heteroatoms. The zero-order valence-corrected chi connectivity index (χ0v) is 18.1. The van der Waals surface area contributed by atoms with Crippen molar-refractivity contribution in [1.82, 2.24) is 14.7 Å². The fourth-order valence-electron chi connectivity index (χ4n) is 3.73. The fourth-order valence-corrected chi connectivity index (χ4v) is 3.73. The predicted octanol–water partition coefficient (Wildman–Crippen LogP) is 3.80. The largest absolute Gasteiger partial charge is 0.466 e. The molecule has 29 heavy (non-hydrogen) atoms. The first-order chi connectivity index (χ1) is 13.7. The van der Waals surface area contributed by atoms with Gasteiger partial charge in [0.15, 0.2) is 0 Å². The number of aryl methyl sites for hydroxylation is 1. The van der Waals surface area contributed by atoms with E-state index in [9.17, 15) is 9.59 Å². The molecule has 2 aromatic rings. The van der Waals surface area contributed by atoms with Crippen molar-refractivity contribution in [2.45, 2.75) is 46.0 Å². The summed E-state index contributed by atoms with van der Waals surface area (Å²) in [6, 6.07) is 10.2. The molecule has 1 amide bonds. The van der Waals surface area contributed by atoms with Gasteiger partial charge in [-0.15, -0.1) is 0 Å². The smallest absolute Gasteiger partial charge is 0.310 e. The zero-order valence-electron chi connectivity index (χ0n) is 18.1. The van der Waals surface area contributed by atoms with E-state index in [1.807, 2.05) is 6.07 Å². The Hall–Kier alpha value is -2.63. The third-order valence-electron chi connectivity index (χ3n) is 5.47. The summed E-state index contributed by atoms with van der Waals surface area (Å²) in [6.07, 6.45) is 1.56. The van der Waals surface area contributed by atoms with Gasteiger partial charge in [0.1, 0.15) is 5.69 Å². The molecule has 1 atom stereocenters. The molecule has 1 saturated heterocycles. The van der Waals surface area contributed by atoms with E-state index in [1.54, 1.807) is 23.6 Å². The van der Waals surface area contributed by atoms with Gasteiger partial charge in [0.25, 0.3) is 5.91 Å². The number of piperidine rings is 1. The summed E-state index contributed by atoms with van der Waals surface area (Å²) in [6.45, 7) is 9.76. The molecule has 0 N–H and O–H groups in total. The quantitative estimate of drug-likeness (QED) is 0.736. The Labute approximate surface area is 172 Å². The molecule has 1 fully saturated rings. The highest BCUT2D eigenvalue weighted by atomic mass is 16.5. The van der Waals surface area contributed by atoms with Gasteiger partial charge in [-0.05, 0) is 36.8 Å². The van der Waals surface area contributed by atoms with Crippen LogP contribution in [0.3, 0.4) is 0 Å². The standard InChI is InChI=1S/C23H31N3O3/c1-6-29-22(28)17-8-7-13-26(15-17)21(27)20-14-19(24-25(20)5)16-9-11-18(12-10-16)23(2,3)4/h9-12,14,17H,6-8,13,15H2,1-5H3/t17-/m0/s1. The number of aromatic nitrogens is 2. The first kappa shape index (κ1) is 21.1. The van der Waals surface area contributed by atoms with Crippen LogP contribution in [0.15, 0.2) is 30.3 Å². The average Bonchev–Trinajstić information content (AvgIpc) is 3.09. The summed E-state index contributed by atoms with van der Waals surface area (Å²) in [7, 11) is 1.78. The minimum absolute atomic E-state index is 0.0908. The van der Waals surface area contributed by atoms with E-state index >= 15 is 0 Å². The van der Waals surface area contributed by atoms with Crippen LogP contribution in [0.25, 0.3) is 11.3 Å². The Balaban J connectivity index is 1.77. The third kappa shape index (κ3) is 4.69. The monoisotopic (exact) mass is 397 g/mol. The van der Waals surface area contributed by atoms with Crippen molar-refractivity contribution < 1.29 is 14.3 Å². The lowest BCUT2D eigenvalue weighted by Gasteiger charge is -2.31. The lowest BCUT2D eigenvalue weighted by molar-refractivity contribution is -0.149. The molecular formula is C23H31N3O3. The van der Waals surface area contributed by atoms with Gasteiger partial charge in [-0.2, -0.15) is 5.10 Å². The Morgan fingerprint density at radius 1 is 1.21 bits per heavy atom. The van der Waals surface area contributed by atoms with E-state index in [2.05, 4.69) is 50.1 Å². The normalized spacial score (nSPS) is 17.3. The summed E-state index contributed by atoms with van der Waals surface area (Å²) >= 11 is 0. The number of hydrogen-bond acceptors (Lipinski definition) is 4. The molecule has 0 saturated carbocycles. The number of ether oxygens (including phenoxy) is 1. The van der Waals surface area contributed by atoms with Gasteiger partial charge in [-0.25, -0.2) is 0 Å². The van der Waals surface area contributed by atoms with Crippen molar-refractivity contribution in [2.75, 3.05) is 19.7 Å². The molecule has 0 aliphatic carbocycles. The number of esters is 1. The maximum absolute atomic E-state index is 13.1. The van der Waals surface area contributed by atoms with Gasteiger partial charge in [0, 0.05) is 25.7 Å².